The van der Waals surface area contributed by atoms with Crippen molar-refractivity contribution >= 4 is 17.3 Å². The Bertz CT molecular complexity index is 368. The third-order valence-corrected chi connectivity index (χ3v) is 2.27. The number of hydrogen-bond donors (Lipinski definition) is 2. The van der Waals surface area contributed by atoms with E-state index in [2.05, 4.69) is 5.32 Å². The van der Waals surface area contributed by atoms with Gasteiger partial charge in [0, 0.05) is 11.7 Å². The summed E-state index contributed by atoms with van der Waals surface area (Å²) in [4.78, 5) is 0. The van der Waals surface area contributed by atoms with Crippen LogP contribution in [-0.2, 0) is 6.18 Å². The lowest BCUT2D eigenvalue weighted by Crippen LogP contribution is -2.19. The number of alkyl halides is 3. The molecular formula is C10H11ClF3NO. The average molecular weight is 254 g/mol. The second kappa shape index (κ2) is 4.93. The van der Waals surface area contributed by atoms with Crippen molar-refractivity contribution in [3.63, 3.8) is 0 Å². The number of benzene rings is 1. The highest BCUT2D eigenvalue weighted by atomic mass is 35.5. The molecule has 0 saturated heterocycles. The van der Waals surface area contributed by atoms with Gasteiger partial charge >= 0.3 is 6.18 Å². The number of nitrogens with one attached hydrogen (secondary N) is 1. The summed E-state index contributed by atoms with van der Waals surface area (Å²) < 4.78 is 37.1. The van der Waals surface area contributed by atoms with Crippen molar-refractivity contribution in [3.05, 3.63) is 28.8 Å². The summed E-state index contributed by atoms with van der Waals surface area (Å²) in [5, 5.41) is 11.2. The van der Waals surface area contributed by atoms with Crippen molar-refractivity contribution in [3.8, 4) is 0 Å². The van der Waals surface area contributed by atoms with Gasteiger partial charge in [-0.05, 0) is 25.1 Å². The fourth-order valence-electron chi connectivity index (χ4n) is 1.16. The summed E-state index contributed by atoms with van der Waals surface area (Å²) in [6, 6.07) is 3.14. The molecule has 2 nitrogen and oxygen atoms in total. The van der Waals surface area contributed by atoms with E-state index in [0.717, 1.165) is 6.07 Å². The second-order valence-corrected chi connectivity index (χ2v) is 3.83. The van der Waals surface area contributed by atoms with Gasteiger partial charge in [0.05, 0.1) is 17.2 Å². The van der Waals surface area contributed by atoms with Crippen LogP contribution in [0.4, 0.5) is 18.9 Å². The van der Waals surface area contributed by atoms with Crippen LogP contribution in [0.15, 0.2) is 18.2 Å². The standard InChI is InChI=1S/C10H11ClF3NO/c1-6(5-16)15-7-2-3-8(9(11)4-7)10(12,13)14/h2-4,6,15-16H,5H2,1H3. The molecule has 0 spiro atoms. The Morgan fingerprint density at radius 3 is 2.50 bits per heavy atom. The van der Waals surface area contributed by atoms with E-state index in [9.17, 15) is 13.2 Å². The molecule has 0 aliphatic carbocycles. The van der Waals surface area contributed by atoms with E-state index >= 15 is 0 Å². The smallest absolute Gasteiger partial charge is 0.394 e. The molecule has 0 fully saturated rings. The third-order valence-electron chi connectivity index (χ3n) is 1.96. The summed E-state index contributed by atoms with van der Waals surface area (Å²) in [6.07, 6.45) is -4.45. The van der Waals surface area contributed by atoms with Crippen LogP contribution in [0, 0.1) is 0 Å². The minimum atomic E-state index is -4.45. The van der Waals surface area contributed by atoms with Crippen molar-refractivity contribution in [2.45, 2.75) is 19.1 Å². The average Bonchev–Trinajstić information content (AvgIpc) is 2.15. The van der Waals surface area contributed by atoms with E-state index in [1.165, 1.54) is 12.1 Å². The normalized spacial score (nSPS) is 13.6. The first kappa shape index (κ1) is 13.1. The van der Waals surface area contributed by atoms with Crippen LogP contribution in [0.5, 0.6) is 0 Å². The molecule has 0 aromatic heterocycles. The van der Waals surface area contributed by atoms with Gasteiger partial charge < -0.3 is 10.4 Å². The van der Waals surface area contributed by atoms with Gasteiger partial charge in [0.15, 0.2) is 0 Å². The Hall–Kier alpha value is -0.940. The van der Waals surface area contributed by atoms with Crippen LogP contribution in [0.25, 0.3) is 0 Å². The van der Waals surface area contributed by atoms with Gasteiger partial charge in [-0.25, -0.2) is 0 Å². The fourth-order valence-corrected chi connectivity index (χ4v) is 1.45. The molecule has 1 aromatic rings. The van der Waals surface area contributed by atoms with Crippen LogP contribution < -0.4 is 5.32 Å². The van der Waals surface area contributed by atoms with Crippen LogP contribution in [-0.4, -0.2) is 17.8 Å². The molecule has 6 heteroatoms. The SMILES string of the molecule is CC(CO)Nc1ccc(C(F)(F)F)c(Cl)c1. The molecule has 2 N–H and O–H groups in total. The Labute approximate surface area is 96.0 Å². The molecule has 1 rings (SSSR count). The molecule has 0 aliphatic heterocycles. The van der Waals surface area contributed by atoms with Crippen molar-refractivity contribution in [2.24, 2.45) is 0 Å². The topological polar surface area (TPSA) is 32.3 Å². The zero-order valence-electron chi connectivity index (χ0n) is 8.48. The lowest BCUT2D eigenvalue weighted by atomic mass is 10.2. The number of aliphatic hydroxyl groups excluding tert-OH is 1. The molecule has 90 valence electrons. The van der Waals surface area contributed by atoms with Crippen molar-refractivity contribution in [1.29, 1.82) is 0 Å². The summed E-state index contributed by atoms with van der Waals surface area (Å²) in [5.74, 6) is 0. The Morgan fingerprint density at radius 2 is 2.06 bits per heavy atom. The minimum Gasteiger partial charge on any atom is -0.394 e. The largest absolute Gasteiger partial charge is 0.417 e. The number of rotatable bonds is 3. The van der Waals surface area contributed by atoms with E-state index < -0.39 is 11.7 Å². The molecule has 0 radical (unpaired) electrons. The van der Waals surface area contributed by atoms with Gasteiger partial charge in [0.1, 0.15) is 0 Å². The molecule has 0 heterocycles. The Morgan fingerprint density at radius 1 is 1.44 bits per heavy atom. The zero-order chi connectivity index (χ0) is 12.3. The summed E-state index contributed by atoms with van der Waals surface area (Å²) in [6.45, 7) is 1.59. The van der Waals surface area contributed by atoms with Gasteiger partial charge in [0.25, 0.3) is 0 Å². The van der Waals surface area contributed by atoms with Crippen LogP contribution in [0.2, 0.25) is 5.02 Å². The van der Waals surface area contributed by atoms with Gasteiger partial charge in [-0.15, -0.1) is 0 Å². The molecule has 0 amide bonds. The zero-order valence-corrected chi connectivity index (χ0v) is 9.23. The quantitative estimate of drug-likeness (QED) is 0.867. The van der Waals surface area contributed by atoms with E-state index in [1.54, 1.807) is 6.92 Å². The van der Waals surface area contributed by atoms with Gasteiger partial charge in [0.2, 0.25) is 0 Å². The first-order valence-corrected chi connectivity index (χ1v) is 4.96. The van der Waals surface area contributed by atoms with Gasteiger partial charge in [-0.2, -0.15) is 13.2 Å². The second-order valence-electron chi connectivity index (χ2n) is 3.42. The Kier molecular flexibility index (Phi) is 4.04. The molecular weight excluding hydrogens is 243 g/mol. The maximum Gasteiger partial charge on any atom is 0.417 e. The number of halogens is 4. The highest BCUT2D eigenvalue weighted by Gasteiger charge is 2.33. The number of anilines is 1. The minimum absolute atomic E-state index is 0.112. The molecule has 0 bridgehead atoms. The molecule has 1 atom stereocenters. The van der Waals surface area contributed by atoms with E-state index in [-0.39, 0.29) is 17.7 Å². The number of hydrogen-bond acceptors (Lipinski definition) is 2. The maximum absolute atomic E-state index is 12.4. The first-order chi connectivity index (χ1) is 7.34. The molecule has 0 saturated carbocycles. The molecule has 0 aliphatic rings. The molecule has 1 aromatic carbocycles. The van der Waals surface area contributed by atoms with Crippen molar-refractivity contribution in [1.82, 2.24) is 0 Å². The summed E-state index contributed by atoms with van der Waals surface area (Å²) in [5.41, 5.74) is -0.420. The lowest BCUT2D eigenvalue weighted by molar-refractivity contribution is -0.137. The monoisotopic (exact) mass is 253 g/mol. The molecule has 1 unspecified atom stereocenters. The van der Waals surface area contributed by atoms with Gasteiger partial charge in [-0.3, -0.25) is 0 Å². The van der Waals surface area contributed by atoms with Crippen LogP contribution >= 0.6 is 11.6 Å². The van der Waals surface area contributed by atoms with E-state index in [1.807, 2.05) is 0 Å². The maximum atomic E-state index is 12.4. The lowest BCUT2D eigenvalue weighted by Gasteiger charge is -2.14. The van der Waals surface area contributed by atoms with E-state index in [4.69, 9.17) is 16.7 Å². The van der Waals surface area contributed by atoms with Gasteiger partial charge in [-0.1, -0.05) is 11.6 Å². The predicted molar refractivity (Wildman–Crippen MR) is 56.6 cm³/mol. The van der Waals surface area contributed by atoms with Crippen LogP contribution in [0.3, 0.4) is 0 Å². The first-order valence-electron chi connectivity index (χ1n) is 4.58. The summed E-state index contributed by atoms with van der Waals surface area (Å²) in [7, 11) is 0. The number of aliphatic hydroxyl groups is 1. The highest BCUT2D eigenvalue weighted by Crippen LogP contribution is 2.35. The third kappa shape index (κ3) is 3.28. The summed E-state index contributed by atoms with van der Waals surface area (Å²) >= 11 is 5.52. The predicted octanol–water partition coefficient (Wildman–Crippen LogP) is 3.15. The highest BCUT2D eigenvalue weighted by molar-refractivity contribution is 6.31. The molecule has 16 heavy (non-hydrogen) atoms. The van der Waals surface area contributed by atoms with E-state index in [0.29, 0.717) is 5.69 Å². The van der Waals surface area contributed by atoms with Crippen molar-refractivity contribution in [2.75, 3.05) is 11.9 Å². The Balaban J connectivity index is 2.91. The fraction of sp³-hybridized carbons (Fsp3) is 0.400. The van der Waals surface area contributed by atoms with Crippen LogP contribution in [0.1, 0.15) is 12.5 Å². The van der Waals surface area contributed by atoms with Crippen molar-refractivity contribution < 1.29 is 18.3 Å².